The van der Waals surface area contributed by atoms with Crippen LogP contribution < -0.4 is 10.6 Å². The van der Waals surface area contributed by atoms with Crippen LogP contribution in [0.4, 0.5) is 18.0 Å². The third-order valence-electron chi connectivity index (χ3n) is 4.66. The molecule has 3 amide bonds. The van der Waals surface area contributed by atoms with Crippen molar-refractivity contribution in [3.05, 3.63) is 35.4 Å². The molecule has 2 aliphatic rings. The van der Waals surface area contributed by atoms with E-state index in [0.29, 0.717) is 38.3 Å². The number of piperazine rings is 1. The monoisotopic (exact) mass is 384 g/mol. The maximum atomic E-state index is 12.8. The first-order valence-corrected chi connectivity index (χ1v) is 9.01. The number of carbonyl (C=O) groups excluding carboxylic acids is 2. The molecule has 0 bridgehead atoms. The highest BCUT2D eigenvalue weighted by molar-refractivity contribution is 5.95. The highest BCUT2D eigenvalue weighted by Crippen LogP contribution is 2.29. The first-order chi connectivity index (χ1) is 12.8. The Morgan fingerprint density at radius 1 is 1.07 bits per heavy atom. The largest absolute Gasteiger partial charge is 0.416 e. The molecule has 0 unspecified atom stereocenters. The van der Waals surface area contributed by atoms with E-state index in [1.54, 1.807) is 6.07 Å². The lowest BCUT2D eigenvalue weighted by molar-refractivity contribution is -0.137. The lowest BCUT2D eigenvalue weighted by atomic mass is 10.1. The Morgan fingerprint density at radius 3 is 2.37 bits per heavy atom. The lowest BCUT2D eigenvalue weighted by Crippen LogP contribution is -2.50. The SMILES string of the molecule is O=C(CN1CCN(Cc2cccc(C(F)(F)F)c2)CC1)NC(=O)NC1CC1. The first kappa shape index (κ1) is 19.6. The number of carbonyl (C=O) groups is 2. The Labute approximate surface area is 155 Å². The number of halogens is 3. The summed E-state index contributed by atoms with van der Waals surface area (Å²) in [6.07, 6.45) is -2.43. The van der Waals surface area contributed by atoms with Gasteiger partial charge < -0.3 is 5.32 Å². The zero-order chi connectivity index (χ0) is 19.4. The molecule has 0 atom stereocenters. The second kappa shape index (κ2) is 8.26. The van der Waals surface area contributed by atoms with Crippen molar-refractivity contribution in [2.24, 2.45) is 0 Å². The third kappa shape index (κ3) is 6.21. The molecule has 1 saturated carbocycles. The lowest BCUT2D eigenvalue weighted by Gasteiger charge is -2.34. The molecule has 148 valence electrons. The van der Waals surface area contributed by atoms with Crippen molar-refractivity contribution in [1.82, 2.24) is 20.4 Å². The van der Waals surface area contributed by atoms with Crippen molar-refractivity contribution in [3.63, 3.8) is 0 Å². The highest BCUT2D eigenvalue weighted by atomic mass is 19.4. The van der Waals surface area contributed by atoms with Gasteiger partial charge in [0.05, 0.1) is 12.1 Å². The molecule has 1 heterocycles. The van der Waals surface area contributed by atoms with Crippen molar-refractivity contribution in [3.8, 4) is 0 Å². The second-order valence-corrected chi connectivity index (χ2v) is 7.05. The molecule has 9 heteroatoms. The van der Waals surface area contributed by atoms with Crippen molar-refractivity contribution in [2.75, 3.05) is 32.7 Å². The Kier molecular flexibility index (Phi) is 6.01. The summed E-state index contributed by atoms with van der Waals surface area (Å²) < 4.78 is 38.4. The maximum absolute atomic E-state index is 12.8. The summed E-state index contributed by atoms with van der Waals surface area (Å²) in [6.45, 7) is 3.12. The van der Waals surface area contributed by atoms with Crippen molar-refractivity contribution >= 4 is 11.9 Å². The van der Waals surface area contributed by atoms with Gasteiger partial charge in [-0.25, -0.2) is 4.79 Å². The van der Waals surface area contributed by atoms with Gasteiger partial charge in [-0.1, -0.05) is 18.2 Å². The van der Waals surface area contributed by atoms with E-state index in [0.717, 1.165) is 18.9 Å². The number of nitrogens with one attached hydrogen (secondary N) is 2. The number of amides is 3. The van der Waals surface area contributed by atoms with Gasteiger partial charge >= 0.3 is 12.2 Å². The molecule has 6 nitrogen and oxygen atoms in total. The number of benzene rings is 1. The van der Waals surface area contributed by atoms with Crippen LogP contribution in [0.2, 0.25) is 0 Å². The molecule has 2 N–H and O–H groups in total. The average Bonchev–Trinajstić information content (AvgIpc) is 3.40. The minimum Gasteiger partial charge on any atom is -0.335 e. The number of hydrogen-bond donors (Lipinski definition) is 2. The molecule has 1 aromatic carbocycles. The zero-order valence-corrected chi connectivity index (χ0v) is 14.9. The van der Waals surface area contributed by atoms with Gasteiger partial charge in [0.2, 0.25) is 5.91 Å². The van der Waals surface area contributed by atoms with Crippen LogP contribution in [0.5, 0.6) is 0 Å². The molecule has 0 radical (unpaired) electrons. The van der Waals surface area contributed by atoms with Gasteiger partial charge in [0.25, 0.3) is 0 Å². The summed E-state index contributed by atoms with van der Waals surface area (Å²) in [7, 11) is 0. The quantitative estimate of drug-likeness (QED) is 0.813. The van der Waals surface area contributed by atoms with Crippen molar-refractivity contribution < 1.29 is 22.8 Å². The normalized spacial score (nSPS) is 18.9. The smallest absolute Gasteiger partial charge is 0.335 e. The van der Waals surface area contributed by atoms with Crippen LogP contribution in [0.15, 0.2) is 24.3 Å². The van der Waals surface area contributed by atoms with Crippen LogP contribution in [-0.4, -0.2) is 60.5 Å². The fraction of sp³-hybridized carbons (Fsp3) is 0.556. The summed E-state index contributed by atoms with van der Waals surface area (Å²) in [5, 5.41) is 5.01. The van der Waals surface area contributed by atoms with E-state index < -0.39 is 17.8 Å². The topological polar surface area (TPSA) is 64.7 Å². The molecule has 1 aliphatic heterocycles. The van der Waals surface area contributed by atoms with E-state index in [4.69, 9.17) is 0 Å². The van der Waals surface area contributed by atoms with Gasteiger partial charge in [-0.2, -0.15) is 13.2 Å². The molecule has 0 aromatic heterocycles. The fourth-order valence-electron chi connectivity index (χ4n) is 3.03. The molecule has 0 spiro atoms. The molecule has 3 rings (SSSR count). The van der Waals surface area contributed by atoms with Gasteiger partial charge in [-0.3, -0.25) is 19.9 Å². The van der Waals surface area contributed by atoms with E-state index in [1.165, 1.54) is 12.1 Å². The van der Waals surface area contributed by atoms with Gasteiger partial charge in [0, 0.05) is 38.8 Å². The van der Waals surface area contributed by atoms with Gasteiger partial charge in [0.1, 0.15) is 0 Å². The van der Waals surface area contributed by atoms with Crippen LogP contribution in [0.3, 0.4) is 0 Å². The van der Waals surface area contributed by atoms with Crippen molar-refractivity contribution in [2.45, 2.75) is 31.6 Å². The van der Waals surface area contributed by atoms with Crippen LogP contribution in [0, 0.1) is 0 Å². The number of nitrogens with zero attached hydrogens (tertiary/aromatic N) is 2. The standard InChI is InChI=1S/C18H23F3N4O2/c19-18(20,21)14-3-1-2-13(10-14)11-24-6-8-25(9-7-24)12-16(26)23-17(27)22-15-4-5-15/h1-3,10,15H,4-9,11-12H2,(H2,22,23,26,27). The summed E-state index contributed by atoms with van der Waals surface area (Å²) >= 11 is 0. The van der Waals surface area contributed by atoms with E-state index in [-0.39, 0.29) is 18.5 Å². The van der Waals surface area contributed by atoms with Crippen LogP contribution in [0.1, 0.15) is 24.0 Å². The predicted molar refractivity (Wildman–Crippen MR) is 92.9 cm³/mol. The Hall–Kier alpha value is -2.13. The van der Waals surface area contributed by atoms with E-state index in [9.17, 15) is 22.8 Å². The van der Waals surface area contributed by atoms with Crippen LogP contribution in [-0.2, 0) is 17.5 Å². The molecule has 1 aromatic rings. The minimum absolute atomic E-state index is 0.134. The number of imide groups is 1. The van der Waals surface area contributed by atoms with Crippen molar-refractivity contribution in [1.29, 1.82) is 0 Å². The molecular weight excluding hydrogens is 361 g/mol. The molecule has 1 saturated heterocycles. The first-order valence-electron chi connectivity index (χ1n) is 9.01. The molecular formula is C18H23F3N4O2. The van der Waals surface area contributed by atoms with Gasteiger partial charge in [0.15, 0.2) is 0 Å². The van der Waals surface area contributed by atoms with Gasteiger partial charge in [-0.15, -0.1) is 0 Å². The summed E-state index contributed by atoms with van der Waals surface area (Å²) in [6, 6.07) is 5.10. The Bertz CT molecular complexity index is 683. The second-order valence-electron chi connectivity index (χ2n) is 7.05. The summed E-state index contributed by atoms with van der Waals surface area (Å²) in [5.41, 5.74) is -0.0208. The van der Waals surface area contributed by atoms with E-state index >= 15 is 0 Å². The number of rotatable bonds is 5. The van der Waals surface area contributed by atoms with Gasteiger partial charge in [-0.05, 0) is 24.5 Å². The predicted octanol–water partition coefficient (Wildman–Crippen LogP) is 1.81. The molecule has 27 heavy (non-hydrogen) atoms. The number of urea groups is 1. The Balaban J connectivity index is 1.41. The third-order valence-corrected chi connectivity index (χ3v) is 4.66. The van der Waals surface area contributed by atoms with E-state index in [2.05, 4.69) is 15.5 Å². The Morgan fingerprint density at radius 2 is 1.74 bits per heavy atom. The highest BCUT2D eigenvalue weighted by Gasteiger charge is 2.30. The molecule has 2 fully saturated rings. The summed E-state index contributed by atoms with van der Waals surface area (Å²) in [5.74, 6) is -0.348. The van der Waals surface area contributed by atoms with Crippen LogP contribution in [0.25, 0.3) is 0 Å². The number of alkyl halides is 3. The van der Waals surface area contributed by atoms with E-state index in [1.807, 2.05) is 4.90 Å². The maximum Gasteiger partial charge on any atom is 0.416 e. The zero-order valence-electron chi connectivity index (χ0n) is 14.9. The molecule has 1 aliphatic carbocycles. The average molecular weight is 384 g/mol. The minimum atomic E-state index is -4.34. The fourth-order valence-corrected chi connectivity index (χ4v) is 3.03. The number of hydrogen-bond acceptors (Lipinski definition) is 4. The summed E-state index contributed by atoms with van der Waals surface area (Å²) in [4.78, 5) is 27.4. The van der Waals surface area contributed by atoms with Crippen LogP contribution >= 0.6 is 0 Å².